The first kappa shape index (κ1) is 12.9. The first-order valence-electron chi connectivity index (χ1n) is 6.11. The summed E-state index contributed by atoms with van der Waals surface area (Å²) in [5, 5.41) is 6.68. The molecule has 0 aliphatic heterocycles. The van der Waals surface area contributed by atoms with Crippen molar-refractivity contribution in [3.8, 4) is 5.82 Å². The zero-order valence-electron chi connectivity index (χ0n) is 10.8. The van der Waals surface area contributed by atoms with Crippen molar-refractivity contribution in [1.29, 1.82) is 0 Å². The fourth-order valence-electron chi connectivity index (χ4n) is 1.75. The lowest BCUT2D eigenvalue weighted by atomic mass is 10.2. The van der Waals surface area contributed by atoms with Crippen LogP contribution in [0.1, 0.15) is 10.4 Å². The molecule has 0 unspecified atom stereocenters. The lowest BCUT2D eigenvalue weighted by molar-refractivity contribution is 0.102. The molecule has 0 saturated carbocycles. The van der Waals surface area contributed by atoms with Gasteiger partial charge in [-0.15, -0.1) is 0 Å². The maximum atomic E-state index is 13.0. The fourth-order valence-corrected chi connectivity index (χ4v) is 1.75. The topological polar surface area (TPSA) is 72.7 Å². The fraction of sp³-hybridized carbons (Fsp3) is 0. The van der Waals surface area contributed by atoms with Gasteiger partial charge in [0.2, 0.25) is 5.95 Å². The van der Waals surface area contributed by atoms with E-state index in [2.05, 4.69) is 20.4 Å². The molecule has 3 rings (SSSR count). The molecule has 0 fully saturated rings. The molecule has 0 saturated heterocycles. The predicted molar refractivity (Wildman–Crippen MR) is 73.5 cm³/mol. The molecule has 0 bridgehead atoms. The van der Waals surface area contributed by atoms with Crippen LogP contribution in [0.3, 0.4) is 0 Å². The van der Waals surface area contributed by atoms with Gasteiger partial charge in [-0.05, 0) is 24.3 Å². The monoisotopic (exact) mass is 283 g/mol. The van der Waals surface area contributed by atoms with Crippen LogP contribution in [0.25, 0.3) is 5.82 Å². The molecule has 7 heteroatoms. The van der Waals surface area contributed by atoms with Gasteiger partial charge in [-0.1, -0.05) is 0 Å². The number of pyridine rings is 2. The van der Waals surface area contributed by atoms with Gasteiger partial charge in [0.25, 0.3) is 5.91 Å². The van der Waals surface area contributed by atoms with Crippen molar-refractivity contribution in [2.24, 2.45) is 0 Å². The maximum absolute atomic E-state index is 13.0. The third kappa shape index (κ3) is 2.92. The van der Waals surface area contributed by atoms with Crippen molar-refractivity contribution >= 4 is 11.6 Å². The Morgan fingerprint density at radius 3 is 2.76 bits per heavy atom. The molecule has 104 valence electrons. The Morgan fingerprint density at radius 2 is 2.10 bits per heavy atom. The summed E-state index contributed by atoms with van der Waals surface area (Å²) in [6.07, 6.45) is 6.16. The summed E-state index contributed by atoms with van der Waals surface area (Å²) in [7, 11) is 0. The number of nitrogens with one attached hydrogen (secondary N) is 1. The van der Waals surface area contributed by atoms with E-state index >= 15 is 0 Å². The normalized spacial score (nSPS) is 10.3. The van der Waals surface area contributed by atoms with Gasteiger partial charge in [0, 0.05) is 30.2 Å². The lowest BCUT2D eigenvalue weighted by Crippen LogP contribution is -2.12. The van der Waals surface area contributed by atoms with Crippen molar-refractivity contribution in [2.45, 2.75) is 0 Å². The number of hydrogen-bond acceptors (Lipinski definition) is 4. The number of nitrogens with zero attached hydrogens (tertiary/aromatic N) is 4. The number of carbonyl (C=O) groups is 1. The third-order valence-corrected chi connectivity index (χ3v) is 2.73. The highest BCUT2D eigenvalue weighted by molar-refractivity contribution is 6.04. The van der Waals surface area contributed by atoms with Gasteiger partial charge in [0.1, 0.15) is 0 Å². The molecule has 1 N–H and O–H groups in total. The van der Waals surface area contributed by atoms with Crippen LogP contribution in [-0.4, -0.2) is 25.7 Å². The van der Waals surface area contributed by atoms with Gasteiger partial charge in [-0.25, -0.2) is 14.6 Å². The van der Waals surface area contributed by atoms with Crippen LogP contribution in [0.2, 0.25) is 0 Å². The summed E-state index contributed by atoms with van der Waals surface area (Å²) in [6.45, 7) is 0. The summed E-state index contributed by atoms with van der Waals surface area (Å²) in [5.41, 5.74) is 0.701. The van der Waals surface area contributed by atoms with Crippen molar-refractivity contribution in [2.75, 3.05) is 5.32 Å². The van der Waals surface area contributed by atoms with Crippen molar-refractivity contribution in [3.63, 3.8) is 0 Å². The van der Waals surface area contributed by atoms with Gasteiger partial charge < -0.3 is 5.32 Å². The Kier molecular flexibility index (Phi) is 3.38. The van der Waals surface area contributed by atoms with E-state index in [9.17, 15) is 9.18 Å². The van der Waals surface area contributed by atoms with E-state index in [1.807, 2.05) is 0 Å². The summed E-state index contributed by atoms with van der Waals surface area (Å²) in [6, 6.07) is 7.70. The van der Waals surface area contributed by atoms with E-state index < -0.39 is 11.9 Å². The molecule has 1 amide bonds. The van der Waals surface area contributed by atoms with Crippen LogP contribution < -0.4 is 5.32 Å². The van der Waals surface area contributed by atoms with E-state index in [-0.39, 0.29) is 5.56 Å². The van der Waals surface area contributed by atoms with Crippen LogP contribution in [-0.2, 0) is 0 Å². The van der Waals surface area contributed by atoms with Crippen molar-refractivity contribution < 1.29 is 9.18 Å². The molecule has 0 radical (unpaired) electrons. The molecular formula is C14H10FN5O. The predicted octanol–water partition coefficient (Wildman–Crippen LogP) is 2.05. The van der Waals surface area contributed by atoms with Crippen LogP contribution in [0.15, 0.2) is 55.1 Å². The molecule has 0 aromatic carbocycles. The standard InChI is InChI=1S/C14H10FN5O/c15-12-8-10(4-6-16-12)14(21)19-11-2-3-13(17-9-11)20-7-1-5-18-20/h1-9H,(H,19,21). The molecule has 0 aliphatic carbocycles. The minimum absolute atomic E-state index is 0.193. The van der Waals surface area contributed by atoms with Gasteiger partial charge >= 0.3 is 0 Å². The third-order valence-electron chi connectivity index (χ3n) is 2.73. The molecular weight excluding hydrogens is 273 g/mol. The highest BCUT2D eigenvalue weighted by Gasteiger charge is 2.08. The summed E-state index contributed by atoms with van der Waals surface area (Å²) in [5.74, 6) is -0.493. The highest BCUT2D eigenvalue weighted by atomic mass is 19.1. The lowest BCUT2D eigenvalue weighted by Gasteiger charge is -2.06. The van der Waals surface area contributed by atoms with Gasteiger partial charge in [-0.2, -0.15) is 9.49 Å². The van der Waals surface area contributed by atoms with E-state index in [0.717, 1.165) is 6.07 Å². The Bertz CT molecular complexity index is 755. The SMILES string of the molecule is O=C(Nc1ccc(-n2cccn2)nc1)c1ccnc(F)c1. The molecule has 21 heavy (non-hydrogen) atoms. The number of amides is 1. The van der Waals surface area contributed by atoms with Crippen molar-refractivity contribution in [1.82, 2.24) is 19.7 Å². The Labute approximate surface area is 119 Å². The number of hydrogen-bond donors (Lipinski definition) is 1. The Balaban J connectivity index is 1.75. The molecule has 3 heterocycles. The van der Waals surface area contributed by atoms with E-state index in [1.165, 1.54) is 18.5 Å². The minimum atomic E-state index is -0.699. The van der Waals surface area contributed by atoms with Crippen LogP contribution in [0.4, 0.5) is 10.1 Å². The van der Waals surface area contributed by atoms with E-state index in [0.29, 0.717) is 11.5 Å². The maximum Gasteiger partial charge on any atom is 0.255 e. The second-order valence-corrected chi connectivity index (χ2v) is 4.18. The Morgan fingerprint density at radius 1 is 1.19 bits per heavy atom. The van der Waals surface area contributed by atoms with Crippen molar-refractivity contribution in [3.05, 3.63) is 66.6 Å². The second kappa shape index (κ2) is 5.49. The van der Waals surface area contributed by atoms with Crippen LogP contribution >= 0.6 is 0 Å². The second-order valence-electron chi connectivity index (χ2n) is 4.18. The average Bonchev–Trinajstić information content (AvgIpc) is 3.02. The molecule has 3 aromatic heterocycles. The Hall–Kier alpha value is -3.09. The molecule has 6 nitrogen and oxygen atoms in total. The average molecular weight is 283 g/mol. The largest absolute Gasteiger partial charge is 0.321 e. The zero-order chi connectivity index (χ0) is 14.7. The quantitative estimate of drug-likeness (QED) is 0.747. The zero-order valence-corrected chi connectivity index (χ0v) is 10.8. The molecule has 0 atom stereocenters. The van der Waals surface area contributed by atoms with Crippen LogP contribution in [0.5, 0.6) is 0 Å². The number of aromatic nitrogens is 4. The number of anilines is 1. The first-order valence-corrected chi connectivity index (χ1v) is 6.11. The van der Waals surface area contributed by atoms with Gasteiger partial charge in [-0.3, -0.25) is 4.79 Å². The first-order chi connectivity index (χ1) is 10.2. The summed E-state index contributed by atoms with van der Waals surface area (Å²) < 4.78 is 14.6. The smallest absolute Gasteiger partial charge is 0.255 e. The van der Waals surface area contributed by atoms with Crippen LogP contribution in [0, 0.1) is 5.95 Å². The van der Waals surface area contributed by atoms with Gasteiger partial charge in [0.05, 0.1) is 11.9 Å². The molecule has 3 aromatic rings. The van der Waals surface area contributed by atoms with E-state index in [1.54, 1.807) is 35.3 Å². The summed E-state index contributed by atoms with van der Waals surface area (Å²) >= 11 is 0. The number of rotatable bonds is 3. The minimum Gasteiger partial charge on any atom is -0.321 e. The molecule has 0 aliphatic rings. The number of halogens is 1. The van der Waals surface area contributed by atoms with E-state index in [4.69, 9.17) is 0 Å². The number of carbonyl (C=O) groups excluding carboxylic acids is 1. The molecule has 0 spiro atoms. The highest BCUT2D eigenvalue weighted by Crippen LogP contribution is 2.11. The van der Waals surface area contributed by atoms with Gasteiger partial charge in [0.15, 0.2) is 5.82 Å². The summed E-state index contributed by atoms with van der Waals surface area (Å²) in [4.78, 5) is 19.5.